The molecule has 0 unspecified atom stereocenters. The molecule has 2 heterocycles. The van der Waals surface area contributed by atoms with E-state index in [9.17, 15) is 9.90 Å². The lowest BCUT2D eigenvalue weighted by Gasteiger charge is -2.05. The molecule has 0 saturated heterocycles. The molecule has 0 saturated carbocycles. The molecule has 1 aromatic carbocycles. The molecule has 0 aliphatic heterocycles. The molecule has 0 spiro atoms. The molecular weight excluding hydrogens is 270 g/mol. The lowest BCUT2D eigenvalue weighted by Crippen LogP contribution is -2.03. The van der Waals surface area contributed by atoms with Crippen molar-refractivity contribution in [2.75, 3.05) is 0 Å². The molecule has 108 valence electrons. The third-order valence-corrected chi connectivity index (χ3v) is 3.40. The average molecular weight is 285 g/mol. The van der Waals surface area contributed by atoms with Crippen LogP contribution in [0.3, 0.4) is 0 Å². The predicted octanol–water partition coefficient (Wildman–Crippen LogP) is 2.64. The highest BCUT2D eigenvalue weighted by molar-refractivity contribution is 6.01. The van der Waals surface area contributed by atoms with Gasteiger partial charge in [-0.05, 0) is 19.1 Å². The van der Waals surface area contributed by atoms with E-state index >= 15 is 0 Å². The summed E-state index contributed by atoms with van der Waals surface area (Å²) in [7, 11) is 0. The standard InChI is InChI=1S/C15H15N3O3/c1-3-13-16-14-11(15(19)20)5-4-6-12(14)18(13)8-10-7-9(2)17-21-10/h4-7H,3,8H2,1-2H3,(H,19,20). The first kappa shape index (κ1) is 13.4. The Hall–Kier alpha value is -2.63. The maximum atomic E-state index is 11.3. The van der Waals surface area contributed by atoms with Gasteiger partial charge in [-0.1, -0.05) is 18.1 Å². The fourth-order valence-corrected chi connectivity index (χ4v) is 2.46. The molecule has 0 aliphatic rings. The lowest BCUT2D eigenvalue weighted by molar-refractivity contribution is 0.0699. The van der Waals surface area contributed by atoms with E-state index in [0.717, 1.165) is 22.8 Å². The van der Waals surface area contributed by atoms with Gasteiger partial charge in [-0.15, -0.1) is 0 Å². The van der Waals surface area contributed by atoms with Crippen molar-refractivity contribution in [2.45, 2.75) is 26.8 Å². The maximum Gasteiger partial charge on any atom is 0.337 e. The third kappa shape index (κ3) is 2.29. The van der Waals surface area contributed by atoms with Crippen molar-refractivity contribution in [3.8, 4) is 0 Å². The second kappa shape index (κ2) is 5.05. The summed E-state index contributed by atoms with van der Waals surface area (Å²) in [5, 5.41) is 13.1. The zero-order valence-corrected chi connectivity index (χ0v) is 11.8. The van der Waals surface area contributed by atoms with Gasteiger partial charge >= 0.3 is 5.97 Å². The molecule has 0 aliphatic carbocycles. The fourth-order valence-electron chi connectivity index (χ4n) is 2.46. The molecule has 3 aromatic rings. The zero-order chi connectivity index (χ0) is 15.0. The number of hydrogen-bond acceptors (Lipinski definition) is 4. The first-order valence-electron chi connectivity index (χ1n) is 6.73. The highest BCUT2D eigenvalue weighted by atomic mass is 16.5. The number of nitrogens with zero attached hydrogens (tertiary/aromatic N) is 3. The number of aromatic carboxylic acids is 1. The second-order valence-electron chi connectivity index (χ2n) is 4.88. The summed E-state index contributed by atoms with van der Waals surface area (Å²) in [4.78, 5) is 15.8. The summed E-state index contributed by atoms with van der Waals surface area (Å²) in [5.41, 5.74) is 2.34. The Morgan fingerprint density at radius 3 is 2.86 bits per heavy atom. The van der Waals surface area contributed by atoms with Crippen LogP contribution in [0.15, 0.2) is 28.8 Å². The molecule has 2 aromatic heterocycles. The van der Waals surface area contributed by atoms with Gasteiger partial charge in [0.15, 0.2) is 5.76 Å². The smallest absolute Gasteiger partial charge is 0.337 e. The quantitative estimate of drug-likeness (QED) is 0.797. The summed E-state index contributed by atoms with van der Waals surface area (Å²) < 4.78 is 7.22. The van der Waals surface area contributed by atoms with E-state index in [2.05, 4.69) is 10.1 Å². The minimum absolute atomic E-state index is 0.217. The fraction of sp³-hybridized carbons (Fsp3) is 0.267. The highest BCUT2D eigenvalue weighted by Gasteiger charge is 2.17. The number of carboxylic acids is 1. The van der Waals surface area contributed by atoms with E-state index in [-0.39, 0.29) is 5.56 Å². The number of hydrogen-bond donors (Lipinski definition) is 1. The van der Waals surface area contributed by atoms with Gasteiger partial charge in [-0.3, -0.25) is 0 Å². The maximum absolute atomic E-state index is 11.3. The van der Waals surface area contributed by atoms with Gasteiger partial charge in [-0.2, -0.15) is 0 Å². The normalized spacial score (nSPS) is 11.1. The van der Waals surface area contributed by atoms with Crippen molar-refractivity contribution < 1.29 is 14.4 Å². The highest BCUT2D eigenvalue weighted by Crippen LogP contribution is 2.22. The Kier molecular flexibility index (Phi) is 3.21. The summed E-state index contributed by atoms with van der Waals surface area (Å²) >= 11 is 0. The second-order valence-corrected chi connectivity index (χ2v) is 4.88. The van der Waals surface area contributed by atoms with Crippen molar-refractivity contribution in [3.05, 3.63) is 47.1 Å². The van der Waals surface area contributed by atoms with Gasteiger partial charge in [0.25, 0.3) is 0 Å². The Morgan fingerprint density at radius 1 is 1.43 bits per heavy atom. The molecular formula is C15H15N3O3. The van der Waals surface area contributed by atoms with Crippen LogP contribution in [0, 0.1) is 6.92 Å². The molecule has 0 atom stereocenters. The third-order valence-electron chi connectivity index (χ3n) is 3.40. The van der Waals surface area contributed by atoms with Crippen LogP contribution in [0.2, 0.25) is 0 Å². The number of imidazole rings is 1. The molecule has 3 rings (SSSR count). The predicted molar refractivity (Wildman–Crippen MR) is 76.4 cm³/mol. The lowest BCUT2D eigenvalue weighted by atomic mass is 10.2. The van der Waals surface area contributed by atoms with E-state index < -0.39 is 5.97 Å². The van der Waals surface area contributed by atoms with Crippen molar-refractivity contribution in [2.24, 2.45) is 0 Å². The number of benzene rings is 1. The first-order valence-corrected chi connectivity index (χ1v) is 6.73. The van der Waals surface area contributed by atoms with Crippen molar-refractivity contribution in [1.82, 2.24) is 14.7 Å². The Bertz CT molecular complexity index is 817. The van der Waals surface area contributed by atoms with E-state index in [0.29, 0.717) is 18.5 Å². The molecule has 0 fully saturated rings. The SMILES string of the molecule is CCc1nc2c(C(=O)O)cccc2n1Cc1cc(C)no1. The monoisotopic (exact) mass is 285 g/mol. The van der Waals surface area contributed by atoms with Crippen LogP contribution in [0.25, 0.3) is 11.0 Å². The van der Waals surface area contributed by atoms with E-state index in [1.807, 2.05) is 30.5 Å². The summed E-state index contributed by atoms with van der Waals surface area (Å²) in [6, 6.07) is 7.04. The molecule has 0 amide bonds. The number of carbonyl (C=O) groups is 1. The summed E-state index contributed by atoms with van der Waals surface area (Å²) in [6.07, 6.45) is 0.709. The van der Waals surface area contributed by atoms with Crippen LogP contribution in [0.4, 0.5) is 0 Å². The van der Waals surface area contributed by atoms with Crippen LogP contribution in [-0.2, 0) is 13.0 Å². The number of carboxylic acid groups (broad SMARTS) is 1. The van der Waals surface area contributed by atoms with Crippen molar-refractivity contribution in [1.29, 1.82) is 0 Å². The van der Waals surface area contributed by atoms with Gasteiger partial charge in [-0.25, -0.2) is 9.78 Å². The van der Waals surface area contributed by atoms with E-state index in [1.54, 1.807) is 12.1 Å². The van der Waals surface area contributed by atoms with Crippen molar-refractivity contribution >= 4 is 17.0 Å². The average Bonchev–Trinajstić information content (AvgIpc) is 3.03. The minimum atomic E-state index is -0.969. The van der Waals surface area contributed by atoms with Crippen LogP contribution >= 0.6 is 0 Å². The summed E-state index contributed by atoms with van der Waals surface area (Å²) in [6.45, 7) is 4.34. The molecule has 0 bridgehead atoms. The van der Waals surface area contributed by atoms with Gasteiger partial charge in [0.05, 0.1) is 23.3 Å². The number of aromatic nitrogens is 3. The number of rotatable bonds is 4. The van der Waals surface area contributed by atoms with Crippen LogP contribution in [0.5, 0.6) is 0 Å². The number of fused-ring (bicyclic) bond motifs is 1. The topological polar surface area (TPSA) is 81.1 Å². The summed E-state index contributed by atoms with van der Waals surface area (Å²) in [5.74, 6) is 0.582. The zero-order valence-electron chi connectivity index (χ0n) is 11.8. The van der Waals surface area contributed by atoms with Crippen molar-refractivity contribution in [3.63, 3.8) is 0 Å². The van der Waals surface area contributed by atoms with Crippen LogP contribution < -0.4 is 0 Å². The van der Waals surface area contributed by atoms with Crippen LogP contribution in [0.1, 0.15) is 34.6 Å². The molecule has 6 nitrogen and oxygen atoms in total. The molecule has 1 N–H and O–H groups in total. The Balaban J connectivity index is 2.16. The van der Waals surface area contributed by atoms with Gasteiger partial charge in [0, 0.05) is 12.5 Å². The largest absolute Gasteiger partial charge is 0.478 e. The number of para-hydroxylation sites is 1. The van der Waals surface area contributed by atoms with Gasteiger partial charge in [0.1, 0.15) is 11.3 Å². The number of aryl methyl sites for hydroxylation is 2. The van der Waals surface area contributed by atoms with E-state index in [4.69, 9.17) is 4.52 Å². The van der Waals surface area contributed by atoms with Crippen LogP contribution in [-0.4, -0.2) is 25.8 Å². The molecule has 6 heteroatoms. The molecule has 21 heavy (non-hydrogen) atoms. The Morgan fingerprint density at radius 2 is 2.24 bits per heavy atom. The minimum Gasteiger partial charge on any atom is -0.478 e. The molecule has 0 radical (unpaired) electrons. The van der Waals surface area contributed by atoms with Gasteiger partial charge < -0.3 is 14.2 Å². The van der Waals surface area contributed by atoms with Gasteiger partial charge in [0.2, 0.25) is 0 Å². The first-order chi connectivity index (χ1) is 10.1. The Labute approximate surface area is 121 Å². The van der Waals surface area contributed by atoms with E-state index in [1.165, 1.54) is 0 Å².